The molecule has 1 unspecified atom stereocenters. The van der Waals surface area contributed by atoms with Crippen LogP contribution >= 0.6 is 0 Å². The van der Waals surface area contributed by atoms with E-state index in [1.165, 1.54) is 32.5 Å². The number of hydrogen-bond donors (Lipinski definition) is 1. The summed E-state index contributed by atoms with van der Waals surface area (Å²) in [5, 5.41) is 3.18. The maximum atomic E-state index is 5.58. The van der Waals surface area contributed by atoms with Crippen molar-refractivity contribution < 1.29 is 4.42 Å². The zero-order valence-corrected chi connectivity index (χ0v) is 11.8. The molecule has 0 amide bonds. The summed E-state index contributed by atoms with van der Waals surface area (Å²) in [6.45, 7) is 7.96. The van der Waals surface area contributed by atoms with Gasteiger partial charge in [0, 0.05) is 12.5 Å². The summed E-state index contributed by atoms with van der Waals surface area (Å²) >= 11 is 0. The van der Waals surface area contributed by atoms with Crippen molar-refractivity contribution in [1.82, 2.24) is 15.2 Å². The number of piperidine rings is 1. The molecule has 2 heterocycles. The smallest absolute Gasteiger partial charge is 0.194 e. The molecule has 1 aromatic heterocycles. The highest BCUT2D eigenvalue weighted by atomic mass is 16.3. The summed E-state index contributed by atoms with van der Waals surface area (Å²) < 4.78 is 5.58. The van der Waals surface area contributed by atoms with Gasteiger partial charge >= 0.3 is 0 Å². The Bertz CT molecular complexity index is 356. The molecule has 0 aromatic carbocycles. The Kier molecular flexibility index (Phi) is 4.78. The van der Waals surface area contributed by atoms with Crippen LogP contribution in [0.1, 0.15) is 44.3 Å². The van der Waals surface area contributed by atoms with Gasteiger partial charge in [-0.05, 0) is 52.4 Å². The van der Waals surface area contributed by atoms with Gasteiger partial charge in [0.05, 0.1) is 5.69 Å². The van der Waals surface area contributed by atoms with E-state index in [2.05, 4.69) is 29.0 Å². The molecule has 4 heteroatoms. The fourth-order valence-electron chi connectivity index (χ4n) is 2.52. The predicted molar refractivity (Wildman–Crippen MR) is 72.5 cm³/mol. The molecule has 0 saturated carbocycles. The highest BCUT2D eigenvalue weighted by Gasteiger charge is 2.20. The number of likely N-dealkylation sites (tertiary alicyclic amines) is 1. The second kappa shape index (κ2) is 6.34. The molecular weight excluding hydrogens is 226 g/mol. The van der Waals surface area contributed by atoms with E-state index in [9.17, 15) is 0 Å². The van der Waals surface area contributed by atoms with Crippen LogP contribution in [0.15, 0.2) is 10.7 Å². The topological polar surface area (TPSA) is 41.3 Å². The Morgan fingerprint density at radius 3 is 2.83 bits per heavy atom. The van der Waals surface area contributed by atoms with E-state index in [0.29, 0.717) is 0 Å². The molecule has 2 rings (SSSR count). The predicted octanol–water partition coefficient (Wildman–Crippen LogP) is 2.23. The van der Waals surface area contributed by atoms with Crippen LogP contribution in [0.2, 0.25) is 0 Å². The van der Waals surface area contributed by atoms with E-state index < -0.39 is 0 Å². The first kappa shape index (κ1) is 13.6. The Morgan fingerprint density at radius 2 is 2.22 bits per heavy atom. The molecular formula is C14H25N3O. The van der Waals surface area contributed by atoms with Gasteiger partial charge in [-0.1, -0.05) is 6.92 Å². The second-order valence-corrected chi connectivity index (χ2v) is 5.26. The zero-order valence-electron chi connectivity index (χ0n) is 11.8. The van der Waals surface area contributed by atoms with Gasteiger partial charge in [0.1, 0.15) is 6.26 Å². The third kappa shape index (κ3) is 3.33. The first-order valence-corrected chi connectivity index (χ1v) is 7.06. The van der Waals surface area contributed by atoms with Crippen LogP contribution in [0.3, 0.4) is 0 Å². The van der Waals surface area contributed by atoms with Gasteiger partial charge in [0.15, 0.2) is 5.89 Å². The quantitative estimate of drug-likeness (QED) is 0.871. The fourth-order valence-corrected chi connectivity index (χ4v) is 2.52. The number of oxazole rings is 1. The van der Waals surface area contributed by atoms with Crippen LogP contribution in [0.4, 0.5) is 0 Å². The number of nitrogens with zero attached hydrogens (tertiary/aromatic N) is 2. The normalized spacial score (nSPS) is 20.2. The molecule has 1 atom stereocenters. The lowest BCUT2D eigenvalue weighted by atomic mass is 9.93. The highest BCUT2D eigenvalue weighted by molar-refractivity contribution is 5.02. The van der Waals surface area contributed by atoms with Gasteiger partial charge in [0.25, 0.3) is 0 Å². The minimum absolute atomic E-state index is 0.268. The summed E-state index contributed by atoms with van der Waals surface area (Å²) in [5.74, 6) is 1.64. The highest BCUT2D eigenvalue weighted by Crippen LogP contribution is 2.22. The Balaban J connectivity index is 1.85. The van der Waals surface area contributed by atoms with E-state index in [1.807, 2.05) is 7.05 Å². The first-order valence-electron chi connectivity index (χ1n) is 7.06. The molecule has 0 aliphatic carbocycles. The minimum Gasteiger partial charge on any atom is -0.449 e. The maximum absolute atomic E-state index is 5.58. The molecule has 1 fully saturated rings. The van der Waals surface area contributed by atoms with E-state index in [0.717, 1.165) is 23.9 Å². The zero-order chi connectivity index (χ0) is 13.0. The molecule has 1 saturated heterocycles. The van der Waals surface area contributed by atoms with Gasteiger partial charge in [-0.15, -0.1) is 0 Å². The second-order valence-electron chi connectivity index (χ2n) is 5.26. The van der Waals surface area contributed by atoms with Crippen LogP contribution in [0.25, 0.3) is 0 Å². The van der Waals surface area contributed by atoms with Crippen molar-refractivity contribution in [3.63, 3.8) is 0 Å². The van der Waals surface area contributed by atoms with Gasteiger partial charge < -0.3 is 14.6 Å². The molecule has 1 aliphatic heterocycles. The third-order valence-electron chi connectivity index (χ3n) is 4.06. The number of rotatable bonds is 5. The summed E-state index contributed by atoms with van der Waals surface area (Å²) in [6.07, 6.45) is 5.33. The molecule has 0 spiro atoms. The molecule has 0 bridgehead atoms. The maximum Gasteiger partial charge on any atom is 0.194 e. The van der Waals surface area contributed by atoms with Gasteiger partial charge in [-0.25, -0.2) is 4.98 Å². The van der Waals surface area contributed by atoms with Crippen LogP contribution in [-0.2, 0) is 6.42 Å². The van der Waals surface area contributed by atoms with E-state index in [-0.39, 0.29) is 6.04 Å². The van der Waals surface area contributed by atoms with Crippen LogP contribution in [0.5, 0.6) is 0 Å². The van der Waals surface area contributed by atoms with E-state index in [1.54, 1.807) is 6.26 Å². The van der Waals surface area contributed by atoms with Crippen molar-refractivity contribution in [2.45, 2.75) is 39.2 Å². The van der Waals surface area contributed by atoms with Gasteiger partial charge in [-0.2, -0.15) is 0 Å². The van der Waals surface area contributed by atoms with Crippen molar-refractivity contribution in [2.24, 2.45) is 5.92 Å². The Labute approximate surface area is 110 Å². The average Bonchev–Trinajstić information content (AvgIpc) is 2.87. The molecule has 0 radical (unpaired) electrons. The lowest BCUT2D eigenvalue weighted by Gasteiger charge is -2.30. The Morgan fingerprint density at radius 1 is 1.50 bits per heavy atom. The van der Waals surface area contributed by atoms with Crippen LogP contribution in [-0.4, -0.2) is 36.6 Å². The van der Waals surface area contributed by atoms with Crippen molar-refractivity contribution in [1.29, 1.82) is 0 Å². The number of aromatic nitrogens is 1. The average molecular weight is 251 g/mol. The fraction of sp³-hybridized carbons (Fsp3) is 0.786. The largest absolute Gasteiger partial charge is 0.449 e. The van der Waals surface area contributed by atoms with Gasteiger partial charge in [0.2, 0.25) is 0 Å². The standard InChI is InChI=1S/C14H25N3O/c1-4-17-7-5-12(6-8-17)9-14-16-13(10-18-14)11(2)15-3/h10-12,15H,4-9H2,1-3H3. The van der Waals surface area contributed by atoms with Crippen molar-refractivity contribution in [2.75, 3.05) is 26.7 Å². The number of hydrogen-bond acceptors (Lipinski definition) is 4. The van der Waals surface area contributed by atoms with Crippen molar-refractivity contribution >= 4 is 0 Å². The lowest BCUT2D eigenvalue weighted by molar-refractivity contribution is 0.187. The molecule has 102 valence electrons. The molecule has 1 aliphatic rings. The van der Waals surface area contributed by atoms with Crippen LogP contribution in [0, 0.1) is 5.92 Å². The molecule has 1 N–H and O–H groups in total. The van der Waals surface area contributed by atoms with Gasteiger partial charge in [-0.3, -0.25) is 0 Å². The van der Waals surface area contributed by atoms with Crippen LogP contribution < -0.4 is 5.32 Å². The molecule has 4 nitrogen and oxygen atoms in total. The van der Waals surface area contributed by atoms with E-state index >= 15 is 0 Å². The Hall–Kier alpha value is -0.870. The lowest BCUT2D eigenvalue weighted by Crippen LogP contribution is -2.34. The summed E-state index contributed by atoms with van der Waals surface area (Å²) in [7, 11) is 1.94. The third-order valence-corrected chi connectivity index (χ3v) is 4.06. The monoisotopic (exact) mass is 251 g/mol. The molecule has 1 aromatic rings. The number of nitrogens with one attached hydrogen (secondary N) is 1. The summed E-state index contributed by atoms with van der Waals surface area (Å²) in [4.78, 5) is 7.09. The van der Waals surface area contributed by atoms with E-state index in [4.69, 9.17) is 4.42 Å². The van der Waals surface area contributed by atoms with Crippen molar-refractivity contribution in [3.05, 3.63) is 17.8 Å². The van der Waals surface area contributed by atoms with Crippen molar-refractivity contribution in [3.8, 4) is 0 Å². The minimum atomic E-state index is 0.268. The SMILES string of the molecule is CCN1CCC(Cc2nc(C(C)NC)co2)CC1. The first-order chi connectivity index (χ1) is 8.72. The summed E-state index contributed by atoms with van der Waals surface area (Å²) in [6, 6.07) is 0.268. The molecule has 18 heavy (non-hydrogen) atoms. The summed E-state index contributed by atoms with van der Waals surface area (Å²) in [5.41, 5.74) is 1.01.